The van der Waals surface area contributed by atoms with Crippen molar-refractivity contribution in [1.29, 1.82) is 0 Å². The average Bonchev–Trinajstić information content (AvgIpc) is 3.32. The maximum absolute atomic E-state index is 4.54. The van der Waals surface area contributed by atoms with Crippen LogP contribution in [-0.4, -0.2) is 52.6 Å². The standard InChI is InChI=1S/C23H36N6.HI/c1-18(2)29-16-19(3)21(17-29)27-23(24-4)26-15-22-25-12-14-28(22)13-8-11-20-9-6-5-7-10-20;/h5-7,9-10,12,14,18-19,21H,8,11,13,15-17H2,1-4H3,(H2,24,26,27);1H. The van der Waals surface area contributed by atoms with Crippen molar-refractivity contribution in [3.8, 4) is 0 Å². The summed E-state index contributed by atoms with van der Waals surface area (Å²) in [6.45, 7) is 10.7. The molecule has 1 aromatic heterocycles. The summed E-state index contributed by atoms with van der Waals surface area (Å²) in [5, 5.41) is 7.06. The van der Waals surface area contributed by atoms with Gasteiger partial charge >= 0.3 is 0 Å². The fourth-order valence-electron chi connectivity index (χ4n) is 3.96. The van der Waals surface area contributed by atoms with Gasteiger partial charge < -0.3 is 15.2 Å². The molecular weight excluding hydrogens is 487 g/mol. The molecule has 0 saturated carbocycles. The van der Waals surface area contributed by atoms with Gasteiger partial charge in [0.25, 0.3) is 0 Å². The van der Waals surface area contributed by atoms with Gasteiger partial charge in [-0.1, -0.05) is 37.3 Å². The summed E-state index contributed by atoms with van der Waals surface area (Å²) in [7, 11) is 1.83. The lowest BCUT2D eigenvalue weighted by Gasteiger charge is -2.22. The van der Waals surface area contributed by atoms with E-state index in [0.717, 1.165) is 44.3 Å². The van der Waals surface area contributed by atoms with Gasteiger partial charge in [0.05, 0.1) is 6.54 Å². The first-order chi connectivity index (χ1) is 14.1. The maximum atomic E-state index is 4.54. The number of likely N-dealkylation sites (tertiary alicyclic amines) is 1. The lowest BCUT2D eigenvalue weighted by molar-refractivity contribution is 0.265. The number of aryl methyl sites for hydroxylation is 2. The molecule has 0 bridgehead atoms. The molecule has 166 valence electrons. The zero-order chi connectivity index (χ0) is 20.6. The topological polar surface area (TPSA) is 57.5 Å². The van der Waals surface area contributed by atoms with Crippen LogP contribution in [0.4, 0.5) is 0 Å². The molecule has 1 aliphatic rings. The second-order valence-electron chi connectivity index (χ2n) is 8.33. The summed E-state index contributed by atoms with van der Waals surface area (Å²) in [6.07, 6.45) is 6.14. The van der Waals surface area contributed by atoms with E-state index in [0.29, 0.717) is 24.5 Å². The van der Waals surface area contributed by atoms with Crippen molar-refractivity contribution in [3.63, 3.8) is 0 Å². The SMILES string of the molecule is CN=C(NCc1nccn1CCCc1ccccc1)NC1CN(C(C)C)CC1C.I. The number of benzene rings is 1. The number of aliphatic imine (C=N–C) groups is 1. The molecule has 3 rings (SSSR count). The monoisotopic (exact) mass is 524 g/mol. The third-order valence-electron chi connectivity index (χ3n) is 5.84. The first-order valence-corrected chi connectivity index (χ1v) is 10.8. The molecule has 1 aliphatic heterocycles. The largest absolute Gasteiger partial charge is 0.352 e. The van der Waals surface area contributed by atoms with Crippen molar-refractivity contribution in [2.24, 2.45) is 10.9 Å². The normalized spacial score (nSPS) is 19.7. The van der Waals surface area contributed by atoms with Gasteiger partial charge in [-0.05, 0) is 38.2 Å². The van der Waals surface area contributed by atoms with Crippen LogP contribution in [-0.2, 0) is 19.5 Å². The molecule has 6 nitrogen and oxygen atoms in total. The molecule has 2 atom stereocenters. The molecule has 0 spiro atoms. The molecule has 0 radical (unpaired) electrons. The van der Waals surface area contributed by atoms with Crippen LogP contribution in [0.1, 0.15) is 38.6 Å². The summed E-state index contributed by atoms with van der Waals surface area (Å²) in [5.41, 5.74) is 1.39. The Morgan fingerprint density at radius 3 is 2.67 bits per heavy atom. The van der Waals surface area contributed by atoms with E-state index < -0.39 is 0 Å². The van der Waals surface area contributed by atoms with Gasteiger partial charge in [0, 0.05) is 51.2 Å². The Labute approximate surface area is 198 Å². The highest BCUT2D eigenvalue weighted by Crippen LogP contribution is 2.18. The molecule has 1 fully saturated rings. The van der Waals surface area contributed by atoms with Crippen LogP contribution in [0.3, 0.4) is 0 Å². The number of imidazole rings is 1. The molecule has 0 aliphatic carbocycles. The second-order valence-corrected chi connectivity index (χ2v) is 8.33. The van der Waals surface area contributed by atoms with E-state index in [-0.39, 0.29) is 24.0 Å². The van der Waals surface area contributed by atoms with Gasteiger partial charge in [-0.2, -0.15) is 0 Å². The fraction of sp³-hybridized carbons (Fsp3) is 0.565. The number of hydrogen-bond acceptors (Lipinski definition) is 3. The van der Waals surface area contributed by atoms with Crippen LogP contribution in [0.25, 0.3) is 0 Å². The van der Waals surface area contributed by atoms with E-state index in [1.165, 1.54) is 5.56 Å². The highest BCUT2D eigenvalue weighted by atomic mass is 127. The summed E-state index contributed by atoms with van der Waals surface area (Å²) < 4.78 is 2.24. The van der Waals surface area contributed by atoms with Crippen molar-refractivity contribution in [2.45, 2.75) is 58.8 Å². The van der Waals surface area contributed by atoms with E-state index in [1.54, 1.807) is 0 Å². The van der Waals surface area contributed by atoms with Gasteiger partial charge in [0.2, 0.25) is 0 Å². The molecule has 1 aromatic carbocycles. The molecule has 30 heavy (non-hydrogen) atoms. The zero-order valence-corrected chi connectivity index (χ0v) is 21.0. The van der Waals surface area contributed by atoms with Crippen LogP contribution >= 0.6 is 24.0 Å². The third kappa shape index (κ3) is 6.97. The first-order valence-electron chi connectivity index (χ1n) is 10.8. The van der Waals surface area contributed by atoms with Crippen LogP contribution < -0.4 is 10.6 Å². The summed E-state index contributed by atoms with van der Waals surface area (Å²) in [4.78, 5) is 11.5. The van der Waals surface area contributed by atoms with Gasteiger partial charge in [-0.3, -0.25) is 9.89 Å². The number of aromatic nitrogens is 2. The fourth-order valence-corrected chi connectivity index (χ4v) is 3.96. The van der Waals surface area contributed by atoms with Crippen molar-refractivity contribution in [1.82, 2.24) is 25.1 Å². The number of nitrogens with one attached hydrogen (secondary N) is 2. The van der Waals surface area contributed by atoms with E-state index >= 15 is 0 Å². The van der Waals surface area contributed by atoms with Gasteiger partial charge in [0.15, 0.2) is 5.96 Å². The maximum Gasteiger partial charge on any atom is 0.191 e. The Hall–Kier alpha value is -1.61. The van der Waals surface area contributed by atoms with Crippen LogP contribution in [0.15, 0.2) is 47.7 Å². The number of nitrogens with zero attached hydrogens (tertiary/aromatic N) is 4. The Balaban J connectivity index is 0.00000320. The molecule has 0 amide bonds. The molecule has 2 N–H and O–H groups in total. The van der Waals surface area contributed by atoms with E-state index in [2.05, 4.69) is 87.4 Å². The Kier molecular flexibility index (Phi) is 10.1. The van der Waals surface area contributed by atoms with E-state index in [9.17, 15) is 0 Å². The minimum absolute atomic E-state index is 0. The van der Waals surface area contributed by atoms with Crippen LogP contribution in [0.2, 0.25) is 0 Å². The molecule has 2 heterocycles. The lowest BCUT2D eigenvalue weighted by Crippen LogP contribution is -2.46. The minimum atomic E-state index is 0. The van der Waals surface area contributed by atoms with Crippen LogP contribution in [0.5, 0.6) is 0 Å². The highest BCUT2D eigenvalue weighted by Gasteiger charge is 2.31. The van der Waals surface area contributed by atoms with Crippen LogP contribution in [0, 0.1) is 5.92 Å². The zero-order valence-electron chi connectivity index (χ0n) is 18.7. The van der Waals surface area contributed by atoms with Crippen molar-refractivity contribution >= 4 is 29.9 Å². The Morgan fingerprint density at radius 1 is 1.23 bits per heavy atom. The third-order valence-corrected chi connectivity index (χ3v) is 5.84. The molecule has 2 aromatic rings. The number of hydrogen-bond donors (Lipinski definition) is 2. The van der Waals surface area contributed by atoms with Gasteiger partial charge in [0.1, 0.15) is 5.82 Å². The summed E-state index contributed by atoms with van der Waals surface area (Å²) in [5.74, 6) is 2.51. The van der Waals surface area contributed by atoms with Gasteiger partial charge in [-0.25, -0.2) is 4.98 Å². The minimum Gasteiger partial charge on any atom is -0.352 e. The Morgan fingerprint density at radius 2 is 2.00 bits per heavy atom. The van der Waals surface area contributed by atoms with Crippen molar-refractivity contribution in [3.05, 3.63) is 54.1 Å². The Bertz CT molecular complexity index is 773. The van der Waals surface area contributed by atoms with Crippen molar-refractivity contribution in [2.75, 3.05) is 20.1 Å². The predicted molar refractivity (Wildman–Crippen MR) is 135 cm³/mol. The number of halogens is 1. The summed E-state index contributed by atoms with van der Waals surface area (Å²) in [6, 6.07) is 11.7. The second kappa shape index (κ2) is 12.3. The first kappa shape index (κ1) is 24.7. The molecule has 1 saturated heterocycles. The number of rotatable bonds is 8. The highest BCUT2D eigenvalue weighted by molar-refractivity contribution is 14.0. The molecular formula is C23H37IN6. The quantitative estimate of drug-likeness (QED) is 0.315. The van der Waals surface area contributed by atoms with E-state index in [1.807, 2.05) is 13.2 Å². The lowest BCUT2D eigenvalue weighted by atomic mass is 10.1. The number of guanidine groups is 1. The van der Waals surface area contributed by atoms with Gasteiger partial charge in [-0.15, -0.1) is 24.0 Å². The molecule has 7 heteroatoms. The summed E-state index contributed by atoms with van der Waals surface area (Å²) >= 11 is 0. The van der Waals surface area contributed by atoms with E-state index in [4.69, 9.17) is 0 Å². The molecule has 2 unspecified atom stereocenters. The average molecular weight is 524 g/mol. The predicted octanol–water partition coefficient (Wildman–Crippen LogP) is 3.53. The van der Waals surface area contributed by atoms with Crippen molar-refractivity contribution < 1.29 is 0 Å². The smallest absolute Gasteiger partial charge is 0.191 e.